The Labute approximate surface area is 146 Å². The van der Waals surface area contributed by atoms with E-state index < -0.39 is 0 Å². The van der Waals surface area contributed by atoms with Crippen molar-refractivity contribution in [3.63, 3.8) is 0 Å². The van der Waals surface area contributed by atoms with Gasteiger partial charge in [-0.25, -0.2) is 0 Å². The predicted octanol–water partition coefficient (Wildman–Crippen LogP) is 2.56. The van der Waals surface area contributed by atoms with Crippen molar-refractivity contribution in [1.29, 1.82) is 0 Å². The number of rotatable bonds is 6. The highest BCUT2D eigenvalue weighted by atomic mass is 32.1. The predicted molar refractivity (Wildman–Crippen MR) is 98.6 cm³/mol. The van der Waals surface area contributed by atoms with Gasteiger partial charge in [0.2, 0.25) is 0 Å². The molecule has 124 valence electrons. The number of hydrogen-bond donors (Lipinski definition) is 3. The fourth-order valence-electron chi connectivity index (χ4n) is 1.83. The van der Waals surface area contributed by atoms with Crippen LogP contribution >= 0.6 is 12.2 Å². The first-order valence-electron chi connectivity index (χ1n) is 7.41. The lowest BCUT2D eigenvalue weighted by Crippen LogP contribution is -2.46. The van der Waals surface area contributed by atoms with Gasteiger partial charge in [0.05, 0.1) is 0 Å². The van der Waals surface area contributed by atoms with Gasteiger partial charge in [-0.1, -0.05) is 36.4 Å². The van der Waals surface area contributed by atoms with E-state index in [-0.39, 0.29) is 5.91 Å². The Balaban J connectivity index is 1.81. The molecule has 0 saturated carbocycles. The summed E-state index contributed by atoms with van der Waals surface area (Å²) in [5.41, 5.74) is 6.66. The number of carbonyl (C=O) groups is 1. The van der Waals surface area contributed by atoms with Gasteiger partial charge in [-0.05, 0) is 42.0 Å². The molecule has 0 unspecified atom stereocenters. The third kappa shape index (κ3) is 5.73. The average Bonchev–Trinajstić information content (AvgIpc) is 2.64. The highest BCUT2D eigenvalue weighted by Crippen LogP contribution is 2.12. The zero-order valence-electron chi connectivity index (χ0n) is 13.1. The van der Waals surface area contributed by atoms with Crippen LogP contribution < -0.4 is 20.9 Å². The molecule has 0 spiro atoms. The van der Waals surface area contributed by atoms with Crippen molar-refractivity contribution in [3.05, 3.63) is 78.4 Å². The van der Waals surface area contributed by atoms with Gasteiger partial charge in [-0.3, -0.25) is 15.6 Å². The van der Waals surface area contributed by atoms with E-state index in [1.807, 2.05) is 42.5 Å². The number of ether oxygens (including phenoxy) is 1. The number of para-hydroxylation sites is 1. The van der Waals surface area contributed by atoms with Crippen molar-refractivity contribution in [1.82, 2.24) is 16.2 Å². The van der Waals surface area contributed by atoms with Crippen LogP contribution in [-0.2, 0) is 6.61 Å². The van der Waals surface area contributed by atoms with Gasteiger partial charge in [0, 0.05) is 12.1 Å². The lowest BCUT2D eigenvalue weighted by molar-refractivity contribution is 0.0943. The summed E-state index contributed by atoms with van der Waals surface area (Å²) in [6.45, 7) is 4.54. The number of amides is 1. The Morgan fingerprint density at radius 2 is 1.79 bits per heavy atom. The van der Waals surface area contributed by atoms with Gasteiger partial charge < -0.3 is 10.1 Å². The number of thiocarbonyl (C=S) groups is 1. The van der Waals surface area contributed by atoms with Crippen molar-refractivity contribution >= 4 is 23.2 Å². The Morgan fingerprint density at radius 1 is 1.08 bits per heavy atom. The van der Waals surface area contributed by atoms with Gasteiger partial charge in [-0.15, -0.1) is 6.58 Å². The van der Waals surface area contributed by atoms with E-state index in [1.165, 1.54) is 0 Å². The summed E-state index contributed by atoms with van der Waals surface area (Å²) in [4.78, 5) is 12.0. The second kappa shape index (κ2) is 9.32. The van der Waals surface area contributed by atoms with Crippen LogP contribution in [0.25, 0.3) is 0 Å². The molecule has 0 aliphatic carbocycles. The molecule has 0 saturated heterocycles. The molecule has 0 radical (unpaired) electrons. The molecule has 6 heteroatoms. The van der Waals surface area contributed by atoms with E-state index in [4.69, 9.17) is 17.0 Å². The molecule has 0 fully saturated rings. The second-order valence-corrected chi connectivity index (χ2v) is 5.28. The van der Waals surface area contributed by atoms with Gasteiger partial charge in [-0.2, -0.15) is 0 Å². The van der Waals surface area contributed by atoms with E-state index in [2.05, 4.69) is 22.7 Å². The molecule has 0 aliphatic heterocycles. The summed E-state index contributed by atoms with van der Waals surface area (Å²) in [6, 6.07) is 16.8. The van der Waals surface area contributed by atoms with Crippen molar-refractivity contribution < 1.29 is 9.53 Å². The molecule has 3 N–H and O–H groups in total. The van der Waals surface area contributed by atoms with Crippen molar-refractivity contribution in [2.45, 2.75) is 6.61 Å². The van der Waals surface area contributed by atoms with Crippen LogP contribution in [0, 0.1) is 0 Å². The Kier molecular flexibility index (Phi) is 6.79. The van der Waals surface area contributed by atoms with E-state index in [9.17, 15) is 4.79 Å². The van der Waals surface area contributed by atoms with Crippen LogP contribution in [0.5, 0.6) is 5.75 Å². The molecule has 2 rings (SSSR count). The van der Waals surface area contributed by atoms with E-state index in [0.29, 0.717) is 23.8 Å². The first-order chi connectivity index (χ1) is 11.7. The molecule has 0 heterocycles. The molecule has 5 nitrogen and oxygen atoms in total. The molecular formula is C18H19N3O2S. The summed E-state index contributed by atoms with van der Waals surface area (Å²) < 4.78 is 5.66. The number of benzene rings is 2. The van der Waals surface area contributed by atoms with Crippen molar-refractivity contribution in [2.75, 3.05) is 6.54 Å². The zero-order chi connectivity index (χ0) is 17.2. The molecule has 0 aliphatic rings. The third-order valence-corrected chi connectivity index (χ3v) is 3.31. The first kappa shape index (κ1) is 17.5. The topological polar surface area (TPSA) is 62.4 Å². The molecule has 1 amide bonds. The van der Waals surface area contributed by atoms with E-state index >= 15 is 0 Å². The van der Waals surface area contributed by atoms with E-state index in [1.54, 1.807) is 18.2 Å². The van der Waals surface area contributed by atoms with Gasteiger partial charge in [0.25, 0.3) is 5.91 Å². The summed E-state index contributed by atoms with van der Waals surface area (Å²) in [5, 5.41) is 3.18. The maximum atomic E-state index is 12.0. The minimum Gasteiger partial charge on any atom is -0.489 e. The van der Waals surface area contributed by atoms with Crippen LogP contribution in [-0.4, -0.2) is 17.6 Å². The monoisotopic (exact) mass is 341 g/mol. The molecule has 0 atom stereocenters. The van der Waals surface area contributed by atoms with Crippen LogP contribution in [0.3, 0.4) is 0 Å². The Morgan fingerprint density at radius 3 is 2.46 bits per heavy atom. The maximum absolute atomic E-state index is 12.0. The standard InChI is InChI=1S/C18H19N3O2S/c1-2-12-19-18(24)21-20-17(22)15-10-8-14(9-11-15)13-23-16-6-4-3-5-7-16/h2-11H,1,12-13H2,(H,20,22)(H2,19,21,24). The molecule has 0 aromatic heterocycles. The number of nitrogens with one attached hydrogen (secondary N) is 3. The SMILES string of the molecule is C=CCNC(=S)NNC(=O)c1ccc(COc2ccccc2)cc1. The minimum absolute atomic E-state index is 0.270. The lowest BCUT2D eigenvalue weighted by Gasteiger charge is -2.11. The number of hydrazine groups is 1. The first-order valence-corrected chi connectivity index (χ1v) is 7.81. The third-order valence-electron chi connectivity index (χ3n) is 3.06. The van der Waals surface area contributed by atoms with Crippen LogP contribution in [0.4, 0.5) is 0 Å². The van der Waals surface area contributed by atoms with Crippen LogP contribution in [0.15, 0.2) is 67.3 Å². The van der Waals surface area contributed by atoms with Crippen LogP contribution in [0.2, 0.25) is 0 Å². The quantitative estimate of drug-likeness (QED) is 0.428. The normalized spacial score (nSPS) is 9.67. The summed E-state index contributed by atoms with van der Waals surface area (Å²) in [5.74, 6) is 0.539. The number of carbonyl (C=O) groups excluding carboxylic acids is 1. The lowest BCUT2D eigenvalue weighted by atomic mass is 10.1. The van der Waals surface area contributed by atoms with Crippen molar-refractivity contribution in [3.8, 4) is 5.75 Å². The van der Waals surface area contributed by atoms with Gasteiger partial charge in [0.1, 0.15) is 12.4 Å². The van der Waals surface area contributed by atoms with E-state index in [0.717, 1.165) is 11.3 Å². The smallest absolute Gasteiger partial charge is 0.269 e. The van der Waals surface area contributed by atoms with Gasteiger partial charge in [0.15, 0.2) is 5.11 Å². The number of hydrogen-bond acceptors (Lipinski definition) is 3. The van der Waals surface area contributed by atoms with Gasteiger partial charge >= 0.3 is 0 Å². The maximum Gasteiger partial charge on any atom is 0.269 e. The summed E-state index contributed by atoms with van der Waals surface area (Å²) >= 11 is 4.99. The molecule has 0 bridgehead atoms. The largest absolute Gasteiger partial charge is 0.489 e. The van der Waals surface area contributed by atoms with Crippen molar-refractivity contribution in [2.24, 2.45) is 0 Å². The fourth-order valence-corrected chi connectivity index (χ4v) is 1.96. The average molecular weight is 341 g/mol. The Hall–Kier alpha value is -2.86. The summed E-state index contributed by atoms with van der Waals surface area (Å²) in [7, 11) is 0. The zero-order valence-corrected chi connectivity index (χ0v) is 13.9. The molecule has 2 aromatic rings. The molecule has 2 aromatic carbocycles. The second-order valence-electron chi connectivity index (χ2n) is 4.88. The molecular weight excluding hydrogens is 322 g/mol. The minimum atomic E-state index is -0.270. The fraction of sp³-hybridized carbons (Fsp3) is 0.111. The summed E-state index contributed by atoms with van der Waals surface area (Å²) in [6.07, 6.45) is 1.67. The van der Waals surface area contributed by atoms with Crippen LogP contribution in [0.1, 0.15) is 15.9 Å². The highest BCUT2D eigenvalue weighted by Gasteiger charge is 2.05. The Bertz CT molecular complexity index is 687. The molecule has 24 heavy (non-hydrogen) atoms. The highest BCUT2D eigenvalue weighted by molar-refractivity contribution is 7.80.